The third kappa shape index (κ3) is 2.90. The van der Waals surface area contributed by atoms with Gasteiger partial charge in [-0.25, -0.2) is 0 Å². The van der Waals surface area contributed by atoms with Crippen molar-refractivity contribution in [2.75, 3.05) is 19.6 Å². The van der Waals surface area contributed by atoms with Crippen LogP contribution in [0.1, 0.15) is 23.7 Å². The molecule has 1 aromatic heterocycles. The Balaban J connectivity index is 2.25. The van der Waals surface area contributed by atoms with Crippen LogP contribution in [0.3, 0.4) is 0 Å². The molecule has 2 heterocycles. The fourth-order valence-corrected chi connectivity index (χ4v) is 2.52. The van der Waals surface area contributed by atoms with Crippen molar-refractivity contribution in [3.63, 3.8) is 0 Å². The van der Waals surface area contributed by atoms with Crippen LogP contribution >= 0.6 is 0 Å². The van der Waals surface area contributed by atoms with Crippen molar-refractivity contribution in [2.45, 2.75) is 33.4 Å². The van der Waals surface area contributed by atoms with E-state index in [1.165, 1.54) is 0 Å². The zero-order valence-electron chi connectivity index (χ0n) is 11.6. The molecule has 1 atom stereocenters. The molecular formula is C13H20N4O2. The van der Waals surface area contributed by atoms with Crippen LogP contribution in [0.5, 0.6) is 0 Å². The molecule has 6 heteroatoms. The molecule has 2 rings (SSSR count). The van der Waals surface area contributed by atoms with E-state index in [2.05, 4.69) is 22.1 Å². The van der Waals surface area contributed by atoms with Crippen LogP contribution in [-0.2, 0) is 6.54 Å². The predicted molar refractivity (Wildman–Crippen MR) is 73.1 cm³/mol. The monoisotopic (exact) mass is 264 g/mol. The maximum absolute atomic E-state index is 11.1. The van der Waals surface area contributed by atoms with Gasteiger partial charge in [-0.3, -0.25) is 20.0 Å². The lowest BCUT2D eigenvalue weighted by atomic mass is 10.1. The van der Waals surface area contributed by atoms with E-state index in [0.29, 0.717) is 23.7 Å². The summed E-state index contributed by atoms with van der Waals surface area (Å²) in [4.78, 5) is 17.5. The van der Waals surface area contributed by atoms with Gasteiger partial charge >= 0.3 is 0 Å². The molecule has 19 heavy (non-hydrogen) atoms. The van der Waals surface area contributed by atoms with Gasteiger partial charge in [0.2, 0.25) is 0 Å². The van der Waals surface area contributed by atoms with Gasteiger partial charge in [-0.05, 0) is 20.8 Å². The summed E-state index contributed by atoms with van der Waals surface area (Å²) in [6.07, 6.45) is 1.60. The standard InChI is InChI=1S/C13H20N4O2/c1-9-6-15-12(11(3)13(9)17(18)19)8-16-5-4-14-7-10(16)2/h6,10,14H,4-5,7-8H2,1-3H3. The van der Waals surface area contributed by atoms with E-state index in [4.69, 9.17) is 0 Å². The highest BCUT2D eigenvalue weighted by Gasteiger charge is 2.23. The Labute approximate surface area is 113 Å². The molecule has 0 saturated carbocycles. The first-order valence-electron chi connectivity index (χ1n) is 6.55. The van der Waals surface area contributed by atoms with Crippen molar-refractivity contribution in [3.8, 4) is 0 Å². The minimum Gasteiger partial charge on any atom is -0.314 e. The second-order valence-electron chi connectivity index (χ2n) is 5.14. The quantitative estimate of drug-likeness (QED) is 0.660. The lowest BCUT2D eigenvalue weighted by Crippen LogP contribution is -2.49. The molecule has 1 aromatic rings. The first-order valence-corrected chi connectivity index (χ1v) is 6.55. The van der Waals surface area contributed by atoms with E-state index in [1.807, 2.05) is 0 Å². The fraction of sp³-hybridized carbons (Fsp3) is 0.615. The summed E-state index contributed by atoms with van der Waals surface area (Å²) < 4.78 is 0. The van der Waals surface area contributed by atoms with Crippen LogP contribution in [0.15, 0.2) is 6.20 Å². The molecule has 104 valence electrons. The SMILES string of the molecule is Cc1cnc(CN2CCNCC2C)c(C)c1[N+](=O)[O-]. The molecule has 1 saturated heterocycles. The highest BCUT2D eigenvalue weighted by molar-refractivity contribution is 5.47. The topological polar surface area (TPSA) is 71.3 Å². The zero-order valence-corrected chi connectivity index (χ0v) is 11.6. The van der Waals surface area contributed by atoms with Crippen LogP contribution in [0.4, 0.5) is 5.69 Å². The molecule has 0 aromatic carbocycles. The molecule has 1 N–H and O–H groups in total. The van der Waals surface area contributed by atoms with E-state index in [9.17, 15) is 10.1 Å². The molecule has 1 aliphatic rings. The second kappa shape index (κ2) is 5.63. The number of nitro groups is 1. The molecule has 0 radical (unpaired) electrons. The summed E-state index contributed by atoms with van der Waals surface area (Å²) in [5, 5.41) is 14.4. The van der Waals surface area contributed by atoms with Crippen LogP contribution in [-0.4, -0.2) is 40.5 Å². The van der Waals surface area contributed by atoms with Gasteiger partial charge in [-0.2, -0.15) is 0 Å². The minimum absolute atomic E-state index is 0.202. The van der Waals surface area contributed by atoms with Gasteiger partial charge in [0.1, 0.15) is 0 Å². The number of aryl methyl sites for hydroxylation is 1. The molecule has 1 aliphatic heterocycles. The van der Waals surface area contributed by atoms with Crippen molar-refractivity contribution in [3.05, 3.63) is 33.1 Å². The smallest absolute Gasteiger partial charge is 0.278 e. The molecule has 0 spiro atoms. The van der Waals surface area contributed by atoms with Gasteiger partial charge < -0.3 is 5.32 Å². The summed E-state index contributed by atoms with van der Waals surface area (Å²) in [6.45, 7) is 9.21. The van der Waals surface area contributed by atoms with Crippen LogP contribution in [0, 0.1) is 24.0 Å². The Bertz CT molecular complexity index is 490. The lowest BCUT2D eigenvalue weighted by Gasteiger charge is -2.33. The van der Waals surface area contributed by atoms with Gasteiger partial charge in [0.15, 0.2) is 0 Å². The van der Waals surface area contributed by atoms with E-state index in [0.717, 1.165) is 25.3 Å². The fourth-order valence-electron chi connectivity index (χ4n) is 2.52. The van der Waals surface area contributed by atoms with Crippen molar-refractivity contribution in [1.82, 2.24) is 15.2 Å². The summed E-state index contributed by atoms with van der Waals surface area (Å²) in [5.41, 5.74) is 2.33. The first kappa shape index (κ1) is 13.9. The Kier molecular flexibility index (Phi) is 4.11. The predicted octanol–water partition coefficient (Wildman–Crippen LogP) is 1.40. The third-order valence-corrected chi connectivity index (χ3v) is 3.75. The minimum atomic E-state index is -0.308. The third-order valence-electron chi connectivity index (χ3n) is 3.75. The number of aromatic nitrogens is 1. The molecule has 0 amide bonds. The summed E-state index contributed by atoms with van der Waals surface area (Å²) in [5.74, 6) is 0. The number of nitrogens with zero attached hydrogens (tertiary/aromatic N) is 3. The van der Waals surface area contributed by atoms with Gasteiger partial charge in [0.25, 0.3) is 5.69 Å². The largest absolute Gasteiger partial charge is 0.314 e. The van der Waals surface area contributed by atoms with Crippen LogP contribution < -0.4 is 5.32 Å². The Morgan fingerprint density at radius 1 is 1.58 bits per heavy atom. The van der Waals surface area contributed by atoms with Gasteiger partial charge in [-0.1, -0.05) is 0 Å². The molecular weight excluding hydrogens is 244 g/mol. The molecule has 0 aliphatic carbocycles. The van der Waals surface area contributed by atoms with Crippen molar-refractivity contribution in [2.24, 2.45) is 0 Å². The first-order chi connectivity index (χ1) is 9.00. The van der Waals surface area contributed by atoms with Crippen molar-refractivity contribution >= 4 is 5.69 Å². The molecule has 1 fully saturated rings. The molecule has 0 bridgehead atoms. The summed E-state index contributed by atoms with van der Waals surface area (Å²) >= 11 is 0. The summed E-state index contributed by atoms with van der Waals surface area (Å²) in [7, 11) is 0. The average molecular weight is 264 g/mol. The van der Waals surface area contributed by atoms with Crippen LogP contribution in [0.25, 0.3) is 0 Å². The number of hydrogen-bond acceptors (Lipinski definition) is 5. The van der Waals surface area contributed by atoms with Crippen molar-refractivity contribution < 1.29 is 4.92 Å². The molecule has 6 nitrogen and oxygen atoms in total. The Morgan fingerprint density at radius 2 is 2.32 bits per heavy atom. The van der Waals surface area contributed by atoms with E-state index >= 15 is 0 Å². The number of nitrogens with one attached hydrogen (secondary N) is 1. The average Bonchev–Trinajstić information content (AvgIpc) is 2.35. The molecule has 1 unspecified atom stereocenters. The summed E-state index contributed by atoms with van der Waals surface area (Å²) in [6, 6.07) is 0.426. The van der Waals surface area contributed by atoms with E-state index in [1.54, 1.807) is 20.0 Å². The Hall–Kier alpha value is -1.53. The van der Waals surface area contributed by atoms with Crippen molar-refractivity contribution in [1.29, 1.82) is 0 Å². The van der Waals surface area contributed by atoms with Gasteiger partial charge in [-0.15, -0.1) is 0 Å². The normalized spacial score (nSPS) is 20.5. The number of pyridine rings is 1. The van der Waals surface area contributed by atoms with Gasteiger partial charge in [0, 0.05) is 49.5 Å². The number of rotatable bonds is 3. The highest BCUT2D eigenvalue weighted by atomic mass is 16.6. The highest BCUT2D eigenvalue weighted by Crippen LogP contribution is 2.25. The maximum Gasteiger partial charge on any atom is 0.278 e. The van der Waals surface area contributed by atoms with E-state index < -0.39 is 0 Å². The zero-order chi connectivity index (χ0) is 14.0. The second-order valence-corrected chi connectivity index (χ2v) is 5.14. The van der Waals surface area contributed by atoms with E-state index in [-0.39, 0.29) is 10.6 Å². The number of piperazine rings is 1. The lowest BCUT2D eigenvalue weighted by molar-refractivity contribution is -0.386. The Morgan fingerprint density at radius 3 is 2.95 bits per heavy atom. The maximum atomic E-state index is 11.1. The van der Waals surface area contributed by atoms with Gasteiger partial charge in [0.05, 0.1) is 10.6 Å². The number of hydrogen-bond donors (Lipinski definition) is 1. The van der Waals surface area contributed by atoms with Crippen LogP contribution in [0.2, 0.25) is 0 Å².